The number of aromatic carboxylic acids is 1. The van der Waals surface area contributed by atoms with Crippen molar-refractivity contribution in [3.05, 3.63) is 29.3 Å². The molecule has 0 heterocycles. The molecule has 1 aromatic carbocycles. The quantitative estimate of drug-likeness (QED) is 0.336. The number of rotatable bonds is 5. The van der Waals surface area contributed by atoms with E-state index in [1.54, 1.807) is 6.92 Å². The fourth-order valence-corrected chi connectivity index (χ4v) is 2.39. The number of benzene rings is 1. The van der Waals surface area contributed by atoms with Crippen LogP contribution in [-0.4, -0.2) is 26.0 Å². The average Bonchev–Trinajstić information content (AvgIpc) is 2.20. The van der Waals surface area contributed by atoms with Crippen LogP contribution < -0.4 is 38.8 Å². The number of hydrogen-bond acceptors (Lipinski definition) is 5. The van der Waals surface area contributed by atoms with Gasteiger partial charge in [0.05, 0.1) is 11.7 Å². The molecule has 0 amide bonds. The summed E-state index contributed by atoms with van der Waals surface area (Å²) in [4.78, 5) is 10.7. The molecule has 8 heteroatoms. The zero-order valence-electron chi connectivity index (χ0n) is 9.97. The molecule has 5 nitrogen and oxygen atoms in total. The van der Waals surface area contributed by atoms with Gasteiger partial charge in [-0.2, -0.15) is 8.42 Å². The molecule has 0 spiro atoms. The summed E-state index contributed by atoms with van der Waals surface area (Å²) in [7, 11) is -3.79. The molecule has 18 heavy (non-hydrogen) atoms. The number of alkyl halides is 1. The van der Waals surface area contributed by atoms with Crippen molar-refractivity contribution in [2.24, 2.45) is 0 Å². The van der Waals surface area contributed by atoms with E-state index in [2.05, 4.69) is 4.18 Å². The van der Waals surface area contributed by atoms with Crippen molar-refractivity contribution in [3.63, 3.8) is 0 Å². The molecule has 0 unspecified atom stereocenters. The molecule has 1 aromatic rings. The third-order valence-corrected chi connectivity index (χ3v) is 3.54. The second-order valence-corrected chi connectivity index (χ2v) is 5.37. The Bertz CT molecular complexity index is 529. The van der Waals surface area contributed by atoms with Crippen molar-refractivity contribution in [3.8, 4) is 5.75 Å². The van der Waals surface area contributed by atoms with Crippen LogP contribution in [0.25, 0.3) is 0 Å². The van der Waals surface area contributed by atoms with Crippen LogP contribution in [0.5, 0.6) is 5.75 Å². The van der Waals surface area contributed by atoms with Crippen molar-refractivity contribution >= 4 is 27.7 Å². The Morgan fingerprint density at radius 3 is 2.56 bits per heavy atom. The summed E-state index contributed by atoms with van der Waals surface area (Å²) in [5, 5.41) is 10.7. The summed E-state index contributed by atoms with van der Waals surface area (Å²) in [6.07, 6.45) is 0. The number of hydrogen-bond donors (Lipinski definition) is 0. The first-order chi connectivity index (χ1) is 7.85. The van der Waals surface area contributed by atoms with Gasteiger partial charge in [0.1, 0.15) is 5.75 Å². The molecule has 0 aliphatic heterocycles. The summed E-state index contributed by atoms with van der Waals surface area (Å²) in [6.45, 7) is 1.57. The molecule has 1 rings (SSSR count). The van der Waals surface area contributed by atoms with Crippen molar-refractivity contribution in [2.75, 3.05) is 11.6 Å². The van der Waals surface area contributed by atoms with E-state index < -0.39 is 16.1 Å². The number of carbonyl (C=O) groups is 1. The van der Waals surface area contributed by atoms with Gasteiger partial charge >= 0.3 is 39.7 Å². The Balaban J connectivity index is 0.00000289. The second kappa shape index (κ2) is 7.35. The van der Waals surface area contributed by atoms with E-state index in [9.17, 15) is 18.3 Å². The van der Waals surface area contributed by atoms with Gasteiger partial charge in [0, 0.05) is 11.4 Å². The zero-order valence-corrected chi connectivity index (χ0v) is 13.5. The average molecular weight is 301 g/mol. The maximum atomic E-state index is 11.3. The van der Waals surface area contributed by atoms with Gasteiger partial charge in [-0.05, 0) is 24.6 Å². The molecule has 0 N–H and O–H groups in total. The van der Waals surface area contributed by atoms with Crippen LogP contribution >= 0.6 is 11.6 Å². The summed E-state index contributed by atoms with van der Waals surface area (Å²) in [5.74, 6) is -1.90. The molecule has 0 fully saturated rings. The molecule has 0 saturated heterocycles. The summed E-state index contributed by atoms with van der Waals surface area (Å²) < 4.78 is 27.3. The summed E-state index contributed by atoms with van der Waals surface area (Å²) >= 11 is 5.30. The van der Waals surface area contributed by atoms with Gasteiger partial charge in [-0.25, -0.2) is 0 Å². The van der Waals surface area contributed by atoms with Gasteiger partial charge in [-0.1, -0.05) is 6.07 Å². The third-order valence-electron chi connectivity index (χ3n) is 1.98. The van der Waals surface area contributed by atoms with Crippen LogP contribution in [0, 0.1) is 6.92 Å². The molecule has 0 saturated carbocycles. The molecule has 0 aliphatic carbocycles. The Morgan fingerprint density at radius 2 is 2.06 bits per heavy atom. The predicted octanol–water partition coefficient (Wildman–Crippen LogP) is -2.69. The first-order valence-corrected chi connectivity index (χ1v) is 6.77. The minimum absolute atomic E-state index is 0. The van der Waals surface area contributed by atoms with E-state index in [1.165, 1.54) is 12.1 Å². The predicted molar refractivity (Wildman–Crippen MR) is 60.6 cm³/mol. The minimum atomic E-state index is -3.79. The first-order valence-electron chi connectivity index (χ1n) is 4.66. The largest absolute Gasteiger partial charge is 1.00 e. The fourth-order valence-electron chi connectivity index (χ4n) is 1.16. The van der Waals surface area contributed by atoms with Gasteiger partial charge in [0.2, 0.25) is 0 Å². The van der Waals surface area contributed by atoms with Crippen LogP contribution in [0.15, 0.2) is 18.2 Å². The molecule has 0 bridgehead atoms. The molecular formula is C10H10ClNaO5S. The van der Waals surface area contributed by atoms with Gasteiger partial charge in [0.15, 0.2) is 0 Å². The summed E-state index contributed by atoms with van der Waals surface area (Å²) in [5.41, 5.74) is 0.357. The van der Waals surface area contributed by atoms with Gasteiger partial charge in [-0.15, -0.1) is 11.6 Å². The van der Waals surface area contributed by atoms with Crippen LogP contribution in [-0.2, 0) is 10.1 Å². The van der Waals surface area contributed by atoms with Crippen molar-refractivity contribution in [1.29, 1.82) is 0 Å². The Hall–Kier alpha value is -0.270. The topological polar surface area (TPSA) is 83.5 Å². The normalized spacial score (nSPS) is 10.6. The summed E-state index contributed by atoms with van der Waals surface area (Å²) in [6, 6.07) is 3.92. The van der Waals surface area contributed by atoms with Gasteiger partial charge < -0.3 is 14.1 Å². The Labute approximate surface area is 133 Å². The number of carboxylic acid groups (broad SMARTS) is 1. The molecule has 94 valence electrons. The zero-order chi connectivity index (χ0) is 13.1. The van der Waals surface area contributed by atoms with Crippen molar-refractivity contribution in [1.82, 2.24) is 0 Å². The van der Waals surface area contributed by atoms with Gasteiger partial charge in [-0.3, -0.25) is 0 Å². The fraction of sp³-hybridized carbons (Fsp3) is 0.300. The standard InChI is InChI=1S/C10H11ClO5S.Na/c1-7-2-3-8(6-9(7)10(12)13)16-17(14,15)5-4-11;/h2-3,6H,4-5H2,1H3,(H,12,13);/q;+1/p-1. The molecular weight excluding hydrogens is 291 g/mol. The van der Waals surface area contributed by atoms with Crippen molar-refractivity contribution < 1.29 is 52.1 Å². The molecule has 0 aromatic heterocycles. The molecule has 0 radical (unpaired) electrons. The SMILES string of the molecule is Cc1ccc(OS(=O)(=O)CCCl)cc1C(=O)[O-].[Na+]. The minimum Gasteiger partial charge on any atom is -0.545 e. The van der Waals surface area contributed by atoms with E-state index in [0.29, 0.717) is 5.56 Å². The van der Waals surface area contributed by atoms with Crippen LogP contribution in [0.4, 0.5) is 0 Å². The van der Waals surface area contributed by atoms with E-state index >= 15 is 0 Å². The molecule has 0 atom stereocenters. The first kappa shape index (κ1) is 17.7. The monoisotopic (exact) mass is 300 g/mol. The van der Waals surface area contributed by atoms with E-state index in [-0.39, 0.29) is 52.5 Å². The smallest absolute Gasteiger partial charge is 0.545 e. The van der Waals surface area contributed by atoms with Crippen LogP contribution in [0.3, 0.4) is 0 Å². The number of halogens is 1. The Kier molecular flexibility index (Phi) is 7.24. The number of aryl methyl sites for hydroxylation is 1. The van der Waals surface area contributed by atoms with Crippen LogP contribution in [0.1, 0.15) is 15.9 Å². The molecule has 0 aliphatic rings. The van der Waals surface area contributed by atoms with Crippen LogP contribution in [0.2, 0.25) is 0 Å². The van der Waals surface area contributed by atoms with E-state index in [4.69, 9.17) is 11.6 Å². The number of carboxylic acids is 1. The van der Waals surface area contributed by atoms with E-state index in [1.807, 2.05) is 0 Å². The number of carbonyl (C=O) groups excluding carboxylic acids is 1. The third kappa shape index (κ3) is 5.16. The maximum Gasteiger partial charge on any atom is 1.00 e. The van der Waals surface area contributed by atoms with Crippen molar-refractivity contribution in [2.45, 2.75) is 6.92 Å². The maximum absolute atomic E-state index is 11.3. The second-order valence-electron chi connectivity index (χ2n) is 3.30. The Morgan fingerprint density at radius 1 is 1.44 bits per heavy atom. The van der Waals surface area contributed by atoms with E-state index in [0.717, 1.165) is 6.07 Å². The van der Waals surface area contributed by atoms with Gasteiger partial charge in [0.25, 0.3) is 0 Å².